The molecule has 3 aliphatic rings. The number of aliphatic imine (C=N–C) groups is 1. The summed E-state index contributed by atoms with van der Waals surface area (Å²) < 4.78 is 11.1. The zero-order valence-corrected chi connectivity index (χ0v) is 21.4. The van der Waals surface area contributed by atoms with Crippen LogP contribution in [0.1, 0.15) is 30.5 Å². The molecule has 1 saturated heterocycles. The molecule has 3 aliphatic heterocycles. The number of thioether (sulfide) groups is 1. The maximum absolute atomic E-state index is 13.5. The van der Waals surface area contributed by atoms with E-state index >= 15 is 0 Å². The molecule has 2 aromatic carbocycles. The first-order valence-corrected chi connectivity index (χ1v) is 13.0. The summed E-state index contributed by atoms with van der Waals surface area (Å²) in [5.74, 6) is -0.407. The van der Waals surface area contributed by atoms with Crippen LogP contribution in [0.25, 0.3) is 0 Å². The Labute approximate surface area is 219 Å². The quantitative estimate of drug-likeness (QED) is 0.501. The topological polar surface area (TPSA) is 71.4 Å². The number of amidine groups is 1. The molecule has 0 saturated carbocycles. The Bertz CT molecular complexity index is 1240. The number of fused-ring (bicyclic) bond motifs is 1. The summed E-state index contributed by atoms with van der Waals surface area (Å²) in [7, 11) is 0. The molecule has 1 amide bonds. The van der Waals surface area contributed by atoms with Crippen molar-refractivity contribution in [2.45, 2.75) is 26.0 Å². The van der Waals surface area contributed by atoms with Crippen LogP contribution in [0.15, 0.2) is 82.0 Å². The third-order valence-electron chi connectivity index (χ3n) is 6.32. The lowest BCUT2D eigenvalue weighted by Crippen LogP contribution is -2.42. The lowest BCUT2D eigenvalue weighted by Gasteiger charge is -2.37. The van der Waals surface area contributed by atoms with Gasteiger partial charge >= 0.3 is 5.97 Å². The number of amides is 1. The van der Waals surface area contributed by atoms with Crippen molar-refractivity contribution in [3.8, 4) is 0 Å². The van der Waals surface area contributed by atoms with E-state index in [1.807, 2.05) is 64.6 Å². The first-order chi connectivity index (χ1) is 17.5. The molecule has 0 N–H and O–H groups in total. The van der Waals surface area contributed by atoms with Crippen LogP contribution >= 0.6 is 23.4 Å². The highest BCUT2D eigenvalue weighted by molar-refractivity contribution is 8.16. The average Bonchev–Trinajstić information content (AvgIpc) is 3.30. The number of rotatable bonds is 6. The second-order valence-corrected chi connectivity index (χ2v) is 9.95. The van der Waals surface area contributed by atoms with Gasteiger partial charge in [-0.1, -0.05) is 65.8 Å². The third kappa shape index (κ3) is 5.21. The second kappa shape index (κ2) is 10.9. The summed E-state index contributed by atoms with van der Waals surface area (Å²) in [6.45, 7) is 4.23. The molecular formula is C27H26ClN3O4S. The Balaban J connectivity index is 1.45. The number of benzene rings is 2. The molecule has 0 aromatic heterocycles. The highest BCUT2D eigenvalue weighted by atomic mass is 35.5. The van der Waals surface area contributed by atoms with E-state index in [2.05, 4.69) is 0 Å². The van der Waals surface area contributed by atoms with Gasteiger partial charge in [0.25, 0.3) is 0 Å². The highest BCUT2D eigenvalue weighted by Crippen LogP contribution is 2.45. The number of morpholine rings is 1. The van der Waals surface area contributed by atoms with Crippen LogP contribution in [0, 0.1) is 0 Å². The van der Waals surface area contributed by atoms with Crippen LogP contribution in [0.4, 0.5) is 0 Å². The molecule has 0 bridgehead atoms. The molecule has 0 spiro atoms. The zero-order valence-electron chi connectivity index (χ0n) is 19.9. The molecular weight excluding hydrogens is 498 g/mol. The summed E-state index contributed by atoms with van der Waals surface area (Å²) >= 11 is 7.63. The van der Waals surface area contributed by atoms with Crippen LogP contribution in [-0.4, -0.2) is 53.1 Å². The van der Waals surface area contributed by atoms with Gasteiger partial charge in [-0.2, -0.15) is 0 Å². The molecule has 0 radical (unpaired) electrons. The molecule has 1 fully saturated rings. The predicted molar refractivity (Wildman–Crippen MR) is 140 cm³/mol. The lowest BCUT2D eigenvalue weighted by atomic mass is 9.94. The monoisotopic (exact) mass is 523 g/mol. The second-order valence-electron chi connectivity index (χ2n) is 8.68. The van der Waals surface area contributed by atoms with Crippen molar-refractivity contribution in [2.75, 3.05) is 26.3 Å². The number of carbonyl (C=O) groups is 2. The van der Waals surface area contributed by atoms with Gasteiger partial charge in [0.05, 0.1) is 36.9 Å². The zero-order chi connectivity index (χ0) is 25.1. The molecule has 186 valence electrons. The van der Waals surface area contributed by atoms with E-state index in [4.69, 9.17) is 26.1 Å². The van der Waals surface area contributed by atoms with Gasteiger partial charge in [0.2, 0.25) is 5.91 Å². The van der Waals surface area contributed by atoms with Crippen LogP contribution in [0.3, 0.4) is 0 Å². The number of nitrogens with zero attached hydrogens (tertiary/aromatic N) is 3. The summed E-state index contributed by atoms with van der Waals surface area (Å²) in [5.41, 5.74) is 3.62. The first-order valence-electron chi connectivity index (χ1n) is 11.8. The Hall–Kier alpha value is -3.07. The van der Waals surface area contributed by atoms with E-state index in [9.17, 15) is 9.59 Å². The normalized spacial score (nSPS) is 19.6. The van der Waals surface area contributed by atoms with Crippen molar-refractivity contribution >= 4 is 40.4 Å². The minimum Gasteiger partial charge on any atom is -0.457 e. The van der Waals surface area contributed by atoms with Gasteiger partial charge in [0.1, 0.15) is 6.61 Å². The van der Waals surface area contributed by atoms with Crippen LogP contribution in [-0.2, 0) is 25.7 Å². The molecule has 36 heavy (non-hydrogen) atoms. The van der Waals surface area contributed by atoms with Gasteiger partial charge in [-0.25, -0.2) is 9.79 Å². The van der Waals surface area contributed by atoms with E-state index in [0.717, 1.165) is 22.0 Å². The summed E-state index contributed by atoms with van der Waals surface area (Å²) in [6, 6.07) is 16.5. The fourth-order valence-corrected chi connectivity index (χ4v) is 5.56. The molecule has 7 nitrogen and oxygen atoms in total. The number of hydrogen-bond acceptors (Lipinski definition) is 7. The summed E-state index contributed by atoms with van der Waals surface area (Å²) in [6.07, 6.45) is 0.210. The number of hydrogen-bond donors (Lipinski definition) is 0. The van der Waals surface area contributed by atoms with Crippen molar-refractivity contribution in [1.82, 2.24) is 9.80 Å². The van der Waals surface area contributed by atoms with Crippen molar-refractivity contribution in [3.05, 3.63) is 93.1 Å². The maximum atomic E-state index is 13.5. The molecule has 0 aliphatic carbocycles. The van der Waals surface area contributed by atoms with Crippen molar-refractivity contribution < 1.29 is 19.1 Å². The van der Waals surface area contributed by atoms with Gasteiger partial charge in [0.15, 0.2) is 5.17 Å². The van der Waals surface area contributed by atoms with E-state index in [1.165, 1.54) is 11.8 Å². The number of halogens is 1. The SMILES string of the molecule is CC1=C(C(=O)OCc2ccccc2)C(c2ccc(Cl)cc2)N2C(CC(=O)N3CCOCC3)=CSC2=N1. The van der Waals surface area contributed by atoms with E-state index in [1.54, 1.807) is 12.1 Å². The lowest BCUT2D eigenvalue weighted by molar-refractivity contribution is -0.141. The van der Waals surface area contributed by atoms with Crippen LogP contribution in [0.5, 0.6) is 0 Å². The molecule has 1 unspecified atom stereocenters. The largest absolute Gasteiger partial charge is 0.457 e. The van der Waals surface area contributed by atoms with Crippen molar-refractivity contribution in [2.24, 2.45) is 4.99 Å². The maximum Gasteiger partial charge on any atom is 0.338 e. The fourth-order valence-electron chi connectivity index (χ4n) is 4.47. The predicted octanol–water partition coefficient (Wildman–Crippen LogP) is 4.91. The van der Waals surface area contributed by atoms with Crippen molar-refractivity contribution in [1.29, 1.82) is 0 Å². The highest BCUT2D eigenvalue weighted by Gasteiger charge is 2.41. The van der Waals surface area contributed by atoms with Gasteiger partial charge in [0, 0.05) is 23.8 Å². The molecule has 3 heterocycles. The van der Waals surface area contributed by atoms with Crippen molar-refractivity contribution in [3.63, 3.8) is 0 Å². The van der Waals surface area contributed by atoms with E-state index in [0.29, 0.717) is 42.6 Å². The van der Waals surface area contributed by atoms with Gasteiger partial charge in [-0.3, -0.25) is 4.79 Å². The number of ether oxygens (including phenoxy) is 2. The smallest absolute Gasteiger partial charge is 0.338 e. The third-order valence-corrected chi connectivity index (χ3v) is 7.46. The Morgan fingerprint density at radius 3 is 2.56 bits per heavy atom. The van der Waals surface area contributed by atoms with E-state index in [-0.39, 0.29) is 18.9 Å². The van der Waals surface area contributed by atoms with Gasteiger partial charge in [-0.15, -0.1) is 0 Å². The minimum absolute atomic E-state index is 0.0285. The standard InChI is InChI=1S/C27H26ClN3O4S/c1-18-24(26(33)35-16-19-5-3-2-4-6-19)25(20-7-9-21(28)10-8-20)31-22(17-36-27(31)29-18)15-23(32)30-11-13-34-14-12-30/h2-10,17,25H,11-16H2,1H3. The Kier molecular flexibility index (Phi) is 7.46. The minimum atomic E-state index is -0.489. The molecule has 2 aromatic rings. The van der Waals surface area contributed by atoms with Crippen LogP contribution in [0.2, 0.25) is 5.02 Å². The number of carbonyl (C=O) groups excluding carboxylic acids is 2. The Morgan fingerprint density at radius 2 is 1.83 bits per heavy atom. The summed E-state index contributed by atoms with van der Waals surface area (Å²) in [4.78, 5) is 35.1. The summed E-state index contributed by atoms with van der Waals surface area (Å²) in [5, 5.41) is 3.29. The van der Waals surface area contributed by atoms with E-state index < -0.39 is 12.0 Å². The van der Waals surface area contributed by atoms with Gasteiger partial charge < -0.3 is 19.3 Å². The molecule has 9 heteroatoms. The Morgan fingerprint density at radius 1 is 1.11 bits per heavy atom. The first kappa shape index (κ1) is 24.6. The molecule has 5 rings (SSSR count). The number of allylic oxidation sites excluding steroid dienone is 1. The molecule has 1 atom stereocenters. The van der Waals surface area contributed by atoms with Gasteiger partial charge in [-0.05, 0) is 35.6 Å². The fraction of sp³-hybridized carbons (Fsp3) is 0.296. The van der Waals surface area contributed by atoms with Crippen LogP contribution < -0.4 is 0 Å². The average molecular weight is 524 g/mol. The number of esters is 1.